The predicted octanol–water partition coefficient (Wildman–Crippen LogP) is 6.93. The van der Waals surface area contributed by atoms with Crippen molar-refractivity contribution in [2.24, 2.45) is 0 Å². The summed E-state index contributed by atoms with van der Waals surface area (Å²) in [6.07, 6.45) is -2.85. The van der Waals surface area contributed by atoms with E-state index in [2.05, 4.69) is 36.9 Å². The summed E-state index contributed by atoms with van der Waals surface area (Å²) in [6, 6.07) is 19.2. The number of carbonyl (C=O) groups is 1. The fourth-order valence-corrected chi connectivity index (χ4v) is 5.67. The highest BCUT2D eigenvalue weighted by Crippen LogP contribution is 2.37. The van der Waals surface area contributed by atoms with Crippen LogP contribution in [-0.2, 0) is 19.3 Å². The van der Waals surface area contributed by atoms with Crippen LogP contribution in [0.3, 0.4) is 0 Å². The molecule has 0 unspecified atom stereocenters. The first-order chi connectivity index (χ1) is 17.2. The monoisotopic (exact) mass is 493 g/mol. The molecule has 0 bridgehead atoms. The highest BCUT2D eigenvalue weighted by Gasteiger charge is 2.38. The Morgan fingerprint density at radius 1 is 0.861 bits per heavy atom. The number of alkyl halides is 3. The van der Waals surface area contributed by atoms with Gasteiger partial charge in [-0.15, -0.1) is 0 Å². The summed E-state index contributed by atoms with van der Waals surface area (Å²) in [4.78, 5) is 19.5. The number of nitrogens with zero attached hydrogens (tertiary/aromatic N) is 3. The third-order valence-electron chi connectivity index (χ3n) is 7.41. The van der Waals surface area contributed by atoms with Gasteiger partial charge in [0.05, 0.1) is 17.8 Å². The minimum atomic E-state index is -4.48. The highest BCUT2D eigenvalue weighted by molar-refractivity contribution is 5.95. The first-order valence-electron chi connectivity index (χ1n) is 12.4. The summed E-state index contributed by atoms with van der Waals surface area (Å²) in [5.41, 5.74) is 4.78. The number of piperidine rings is 1. The number of rotatable bonds is 4. The fourth-order valence-electron chi connectivity index (χ4n) is 5.67. The quantitative estimate of drug-likeness (QED) is 0.394. The number of benzene rings is 3. The van der Waals surface area contributed by atoms with E-state index in [0.717, 1.165) is 37.6 Å². The molecule has 0 aliphatic carbocycles. The molecule has 7 heteroatoms. The van der Waals surface area contributed by atoms with E-state index in [4.69, 9.17) is 0 Å². The Balaban J connectivity index is 1.39. The molecule has 2 heterocycles. The predicted molar refractivity (Wildman–Crippen MR) is 136 cm³/mol. The Kier molecular flexibility index (Phi) is 6.41. The van der Waals surface area contributed by atoms with Crippen molar-refractivity contribution in [2.75, 3.05) is 22.9 Å². The van der Waals surface area contributed by atoms with E-state index >= 15 is 0 Å². The lowest BCUT2D eigenvalue weighted by Crippen LogP contribution is -2.54. The lowest BCUT2D eigenvalue weighted by molar-refractivity contribution is -0.138. The van der Waals surface area contributed by atoms with Gasteiger partial charge in [0.2, 0.25) is 0 Å². The molecule has 1 saturated heterocycles. The molecule has 1 fully saturated rings. The maximum absolute atomic E-state index is 13.8. The molecular weight excluding hydrogens is 463 g/mol. The number of carbonyl (C=O) groups excluding carboxylic acids is 1. The molecule has 3 aromatic rings. The average molecular weight is 494 g/mol. The molecule has 0 spiro atoms. The number of urea groups is 1. The second-order valence-corrected chi connectivity index (χ2v) is 9.74. The second kappa shape index (κ2) is 9.52. The molecule has 0 atom stereocenters. The summed E-state index contributed by atoms with van der Waals surface area (Å²) in [7, 11) is 0. The van der Waals surface area contributed by atoms with Crippen LogP contribution < -0.4 is 9.80 Å². The third kappa shape index (κ3) is 4.54. The van der Waals surface area contributed by atoms with Crippen molar-refractivity contribution >= 4 is 17.4 Å². The zero-order valence-corrected chi connectivity index (χ0v) is 20.6. The molecule has 0 aromatic heterocycles. The van der Waals surface area contributed by atoms with Crippen molar-refractivity contribution in [3.63, 3.8) is 0 Å². The average Bonchev–Trinajstić information content (AvgIpc) is 2.86. The highest BCUT2D eigenvalue weighted by atomic mass is 19.4. The topological polar surface area (TPSA) is 26.8 Å². The Labute approximate surface area is 209 Å². The van der Waals surface area contributed by atoms with Crippen molar-refractivity contribution in [2.45, 2.75) is 52.0 Å². The van der Waals surface area contributed by atoms with Gasteiger partial charge in [-0.25, -0.2) is 4.79 Å². The van der Waals surface area contributed by atoms with Gasteiger partial charge in [0.1, 0.15) is 0 Å². The van der Waals surface area contributed by atoms with Gasteiger partial charge in [-0.3, -0.25) is 4.90 Å². The Morgan fingerprint density at radius 2 is 1.50 bits per heavy atom. The van der Waals surface area contributed by atoms with Crippen LogP contribution in [0, 0.1) is 13.8 Å². The van der Waals surface area contributed by atoms with Crippen molar-refractivity contribution < 1.29 is 18.0 Å². The van der Waals surface area contributed by atoms with Gasteiger partial charge in [0.25, 0.3) is 0 Å². The van der Waals surface area contributed by atoms with E-state index in [0.29, 0.717) is 12.2 Å². The van der Waals surface area contributed by atoms with Crippen LogP contribution in [-0.4, -0.2) is 30.1 Å². The minimum absolute atomic E-state index is 0.0341. The zero-order valence-electron chi connectivity index (χ0n) is 20.6. The van der Waals surface area contributed by atoms with Crippen LogP contribution in [0.1, 0.15) is 40.7 Å². The Bertz CT molecular complexity index is 1240. The van der Waals surface area contributed by atoms with Crippen LogP contribution >= 0.6 is 0 Å². The number of aryl methyl sites for hydroxylation is 2. The molecular formula is C29H30F3N3O. The molecule has 3 aromatic carbocycles. The summed E-state index contributed by atoms with van der Waals surface area (Å²) >= 11 is 0. The molecule has 0 N–H and O–H groups in total. The summed E-state index contributed by atoms with van der Waals surface area (Å²) in [6.45, 7) is 6.26. The maximum atomic E-state index is 13.8. The zero-order chi connectivity index (χ0) is 25.4. The number of hydrogen-bond acceptors (Lipinski definition) is 2. The molecule has 0 radical (unpaired) electrons. The van der Waals surface area contributed by atoms with Crippen LogP contribution in [0.15, 0.2) is 66.7 Å². The Morgan fingerprint density at radius 3 is 2.19 bits per heavy atom. The molecule has 2 amide bonds. The second-order valence-electron chi connectivity index (χ2n) is 9.74. The fraction of sp³-hybridized carbons (Fsp3) is 0.345. The van der Waals surface area contributed by atoms with Gasteiger partial charge < -0.3 is 9.80 Å². The van der Waals surface area contributed by atoms with Crippen molar-refractivity contribution in [1.29, 1.82) is 0 Å². The van der Waals surface area contributed by atoms with Gasteiger partial charge >= 0.3 is 12.2 Å². The maximum Gasteiger partial charge on any atom is 0.416 e. The molecule has 5 rings (SSSR count). The lowest BCUT2D eigenvalue weighted by Gasteiger charge is -2.45. The summed E-state index contributed by atoms with van der Waals surface area (Å²) in [5, 5.41) is 0. The molecule has 2 aliphatic rings. The normalized spacial score (nSPS) is 16.9. The number of para-hydroxylation sites is 2. The largest absolute Gasteiger partial charge is 0.416 e. The third-order valence-corrected chi connectivity index (χ3v) is 7.41. The first-order valence-corrected chi connectivity index (χ1v) is 12.4. The summed E-state index contributed by atoms with van der Waals surface area (Å²) < 4.78 is 41.0. The van der Waals surface area contributed by atoms with E-state index in [1.165, 1.54) is 33.8 Å². The first kappa shape index (κ1) is 24.2. The SMILES string of the molecule is Cc1cccc(C)c1N1CCC(N2Cc3ccccc3N(Cc3ccccc3C(F)(F)F)C2=O)CC1. The number of hydrogen-bond donors (Lipinski definition) is 0. The molecule has 188 valence electrons. The van der Waals surface area contributed by atoms with Crippen molar-refractivity contribution in [3.05, 3.63) is 94.5 Å². The number of amides is 2. The van der Waals surface area contributed by atoms with E-state index in [9.17, 15) is 18.0 Å². The number of anilines is 2. The van der Waals surface area contributed by atoms with Crippen LogP contribution in [0.25, 0.3) is 0 Å². The van der Waals surface area contributed by atoms with Crippen molar-refractivity contribution in [3.8, 4) is 0 Å². The van der Waals surface area contributed by atoms with Gasteiger partial charge in [0.15, 0.2) is 0 Å². The number of halogens is 3. The minimum Gasteiger partial charge on any atom is -0.371 e. The molecule has 36 heavy (non-hydrogen) atoms. The van der Waals surface area contributed by atoms with E-state index in [1.807, 2.05) is 29.2 Å². The van der Waals surface area contributed by atoms with E-state index in [-0.39, 0.29) is 24.2 Å². The van der Waals surface area contributed by atoms with E-state index < -0.39 is 11.7 Å². The van der Waals surface area contributed by atoms with Gasteiger partial charge in [0, 0.05) is 31.4 Å². The van der Waals surface area contributed by atoms with Crippen LogP contribution in [0.4, 0.5) is 29.3 Å². The smallest absolute Gasteiger partial charge is 0.371 e. The molecule has 0 saturated carbocycles. The van der Waals surface area contributed by atoms with Crippen molar-refractivity contribution in [1.82, 2.24) is 4.90 Å². The van der Waals surface area contributed by atoms with Crippen LogP contribution in [0.5, 0.6) is 0 Å². The van der Waals surface area contributed by atoms with Crippen LogP contribution in [0.2, 0.25) is 0 Å². The molecule has 2 aliphatic heterocycles. The van der Waals surface area contributed by atoms with Gasteiger partial charge in [-0.05, 0) is 61.1 Å². The van der Waals surface area contributed by atoms with Gasteiger partial charge in [-0.2, -0.15) is 13.2 Å². The Hall–Kier alpha value is -3.48. The van der Waals surface area contributed by atoms with Gasteiger partial charge in [-0.1, -0.05) is 54.6 Å². The lowest BCUT2D eigenvalue weighted by atomic mass is 9.98. The summed E-state index contributed by atoms with van der Waals surface area (Å²) in [5.74, 6) is 0. The number of fused-ring (bicyclic) bond motifs is 1. The van der Waals surface area contributed by atoms with E-state index in [1.54, 1.807) is 6.07 Å². The molecule has 4 nitrogen and oxygen atoms in total. The standard InChI is InChI=1S/C29H30F3N3O/c1-20-8-7-9-21(2)27(20)33-16-14-24(15-17-33)34-19-23-11-4-6-13-26(23)35(28(34)36)18-22-10-3-5-12-25(22)29(30,31)32/h3-13,24H,14-19H2,1-2H3.